The molecule has 0 aliphatic heterocycles. The van der Waals surface area contributed by atoms with Crippen molar-refractivity contribution in [2.75, 3.05) is 33.9 Å². The van der Waals surface area contributed by atoms with Crippen LogP contribution in [0.15, 0.2) is 42.5 Å². The molecule has 1 atom stereocenters. The molecule has 0 aliphatic carbocycles. The molecule has 130 valence electrons. The van der Waals surface area contributed by atoms with Gasteiger partial charge in [0.25, 0.3) is 0 Å². The molecule has 0 aromatic heterocycles. The van der Waals surface area contributed by atoms with Crippen molar-refractivity contribution in [3.63, 3.8) is 0 Å². The maximum Gasteiger partial charge on any atom is 0.334 e. The second-order valence-corrected chi connectivity index (χ2v) is 9.62. The first-order chi connectivity index (χ1) is 11.0. The van der Waals surface area contributed by atoms with Crippen LogP contribution in [0.1, 0.15) is 24.9 Å². The topological polar surface area (TPSA) is 42.5 Å². The minimum Gasteiger partial charge on any atom is -0.398 e. The van der Waals surface area contributed by atoms with Gasteiger partial charge in [0, 0.05) is 27.3 Å². The van der Waals surface area contributed by atoms with Gasteiger partial charge < -0.3 is 19.5 Å². The maximum atomic E-state index is 5.49. The zero-order valence-electron chi connectivity index (χ0n) is 15.0. The van der Waals surface area contributed by atoms with Gasteiger partial charge in [0.05, 0.1) is 6.04 Å². The summed E-state index contributed by atoms with van der Waals surface area (Å²) in [5, 5.41) is 7.03. The summed E-state index contributed by atoms with van der Waals surface area (Å²) in [4.78, 5) is 0. The molecule has 0 bridgehead atoms. The molecule has 0 spiro atoms. The molecular weight excluding hydrogens is 304 g/mol. The second kappa shape index (κ2) is 10.7. The fourth-order valence-corrected chi connectivity index (χ4v) is 3.87. The number of hydrogen-bond acceptors (Lipinski definition) is 4. The van der Waals surface area contributed by atoms with E-state index in [4.69, 9.17) is 8.85 Å². The standard InChI is InChI=1S/C18H32N2O2Si/c1-16(2)18(17-10-7-6-8-11-17)20-14-13-19-12-9-15-23(5,21-3)22-4/h6-8,10-11,18-20H,1,9,12-15H2,2-5H3. The van der Waals surface area contributed by atoms with Crippen LogP contribution in [-0.2, 0) is 8.85 Å². The fraction of sp³-hybridized carbons (Fsp3) is 0.556. The summed E-state index contributed by atoms with van der Waals surface area (Å²) in [5.41, 5.74) is 2.40. The normalized spacial score (nSPS) is 13.0. The van der Waals surface area contributed by atoms with Crippen molar-refractivity contribution in [3.05, 3.63) is 48.0 Å². The van der Waals surface area contributed by atoms with Gasteiger partial charge in [0.2, 0.25) is 0 Å². The van der Waals surface area contributed by atoms with Gasteiger partial charge >= 0.3 is 8.56 Å². The quantitative estimate of drug-likeness (QED) is 0.349. The number of rotatable bonds is 12. The minimum atomic E-state index is -1.91. The van der Waals surface area contributed by atoms with Gasteiger partial charge in [-0.15, -0.1) is 0 Å². The van der Waals surface area contributed by atoms with Crippen molar-refractivity contribution in [1.82, 2.24) is 10.6 Å². The first kappa shape index (κ1) is 20.1. The van der Waals surface area contributed by atoms with Crippen LogP contribution in [-0.4, -0.2) is 42.4 Å². The lowest BCUT2D eigenvalue weighted by Crippen LogP contribution is -2.37. The average Bonchev–Trinajstić information content (AvgIpc) is 2.57. The van der Waals surface area contributed by atoms with Crippen molar-refractivity contribution in [2.45, 2.75) is 32.0 Å². The molecule has 0 fully saturated rings. The summed E-state index contributed by atoms with van der Waals surface area (Å²) in [5.74, 6) is 0. The van der Waals surface area contributed by atoms with Crippen LogP contribution in [0.2, 0.25) is 12.6 Å². The van der Waals surface area contributed by atoms with E-state index in [-0.39, 0.29) is 6.04 Å². The van der Waals surface area contributed by atoms with Gasteiger partial charge in [0.1, 0.15) is 0 Å². The van der Waals surface area contributed by atoms with E-state index in [1.165, 1.54) is 5.56 Å². The highest BCUT2D eigenvalue weighted by Crippen LogP contribution is 2.19. The minimum absolute atomic E-state index is 0.218. The van der Waals surface area contributed by atoms with Crippen LogP contribution >= 0.6 is 0 Å². The Balaban J connectivity index is 2.22. The molecule has 0 heterocycles. The van der Waals surface area contributed by atoms with E-state index in [0.29, 0.717) is 0 Å². The highest BCUT2D eigenvalue weighted by Gasteiger charge is 2.27. The first-order valence-corrected chi connectivity index (χ1v) is 10.8. The zero-order valence-corrected chi connectivity index (χ0v) is 16.0. The van der Waals surface area contributed by atoms with E-state index in [1.54, 1.807) is 14.2 Å². The molecule has 0 amide bonds. The largest absolute Gasteiger partial charge is 0.398 e. The smallest absolute Gasteiger partial charge is 0.334 e. The van der Waals surface area contributed by atoms with E-state index in [1.807, 2.05) is 6.07 Å². The molecule has 4 nitrogen and oxygen atoms in total. The Morgan fingerprint density at radius 1 is 1.13 bits per heavy atom. The fourth-order valence-electron chi connectivity index (χ4n) is 2.47. The number of hydrogen-bond donors (Lipinski definition) is 2. The zero-order chi connectivity index (χ0) is 17.1. The predicted octanol–water partition coefficient (Wildman–Crippen LogP) is 3.24. The molecule has 0 aliphatic rings. The molecule has 0 saturated carbocycles. The van der Waals surface area contributed by atoms with Crippen LogP contribution in [0.25, 0.3) is 0 Å². The highest BCUT2D eigenvalue weighted by molar-refractivity contribution is 6.65. The van der Waals surface area contributed by atoms with Crippen LogP contribution in [0.3, 0.4) is 0 Å². The van der Waals surface area contributed by atoms with Crippen LogP contribution in [0, 0.1) is 0 Å². The van der Waals surface area contributed by atoms with Crippen LogP contribution in [0.5, 0.6) is 0 Å². The third kappa shape index (κ3) is 7.41. The lowest BCUT2D eigenvalue weighted by atomic mass is 10.0. The third-order valence-corrected chi connectivity index (χ3v) is 7.11. The van der Waals surface area contributed by atoms with E-state index in [0.717, 1.165) is 37.7 Å². The molecule has 1 aromatic carbocycles. The lowest BCUT2D eigenvalue weighted by molar-refractivity contribution is 0.248. The van der Waals surface area contributed by atoms with Crippen molar-refractivity contribution < 1.29 is 8.85 Å². The lowest BCUT2D eigenvalue weighted by Gasteiger charge is -2.22. The molecule has 1 unspecified atom stereocenters. The Morgan fingerprint density at radius 3 is 2.35 bits per heavy atom. The summed E-state index contributed by atoms with van der Waals surface area (Å²) in [6.07, 6.45) is 1.08. The van der Waals surface area contributed by atoms with Gasteiger partial charge in [-0.1, -0.05) is 42.5 Å². The summed E-state index contributed by atoms with van der Waals surface area (Å²) in [7, 11) is 1.58. The summed E-state index contributed by atoms with van der Waals surface area (Å²) in [6.45, 7) is 11.1. The number of benzene rings is 1. The summed E-state index contributed by atoms with van der Waals surface area (Å²) >= 11 is 0. The van der Waals surface area contributed by atoms with Crippen LogP contribution < -0.4 is 10.6 Å². The average molecular weight is 337 g/mol. The molecule has 0 radical (unpaired) electrons. The van der Waals surface area contributed by atoms with Gasteiger partial charge in [-0.3, -0.25) is 0 Å². The molecule has 23 heavy (non-hydrogen) atoms. The molecule has 1 rings (SSSR count). The molecule has 5 heteroatoms. The van der Waals surface area contributed by atoms with Crippen molar-refractivity contribution in [1.29, 1.82) is 0 Å². The Labute approximate surface area is 142 Å². The van der Waals surface area contributed by atoms with Crippen molar-refractivity contribution in [3.8, 4) is 0 Å². The predicted molar refractivity (Wildman–Crippen MR) is 99.9 cm³/mol. The monoisotopic (exact) mass is 336 g/mol. The van der Waals surface area contributed by atoms with Gasteiger partial charge in [-0.2, -0.15) is 0 Å². The Morgan fingerprint density at radius 2 is 1.78 bits per heavy atom. The van der Waals surface area contributed by atoms with E-state index < -0.39 is 8.56 Å². The molecule has 2 N–H and O–H groups in total. The number of nitrogens with one attached hydrogen (secondary N) is 2. The van der Waals surface area contributed by atoms with E-state index in [9.17, 15) is 0 Å². The Bertz CT molecular complexity index is 450. The Kier molecular flexibility index (Phi) is 9.36. The van der Waals surface area contributed by atoms with Gasteiger partial charge in [0.15, 0.2) is 0 Å². The van der Waals surface area contributed by atoms with Crippen molar-refractivity contribution >= 4 is 8.56 Å². The second-order valence-electron chi connectivity index (χ2n) is 6.04. The summed E-state index contributed by atoms with van der Waals surface area (Å²) in [6, 6.07) is 11.7. The van der Waals surface area contributed by atoms with E-state index >= 15 is 0 Å². The first-order valence-electron chi connectivity index (χ1n) is 8.27. The van der Waals surface area contributed by atoms with Crippen LogP contribution in [0.4, 0.5) is 0 Å². The Hall–Kier alpha value is -0.983. The molecular formula is C18H32N2O2Si. The van der Waals surface area contributed by atoms with Crippen molar-refractivity contribution in [2.24, 2.45) is 0 Å². The van der Waals surface area contributed by atoms with Gasteiger partial charge in [-0.25, -0.2) is 0 Å². The molecule has 1 aromatic rings. The molecule has 0 saturated heterocycles. The SMILES string of the molecule is C=C(C)C(NCCNCCC[Si](C)(OC)OC)c1ccccc1. The van der Waals surface area contributed by atoms with Gasteiger partial charge in [-0.05, 0) is 38.0 Å². The van der Waals surface area contributed by atoms with E-state index in [2.05, 4.69) is 54.9 Å². The maximum absolute atomic E-state index is 5.49. The third-order valence-electron chi connectivity index (χ3n) is 4.12. The summed E-state index contributed by atoms with van der Waals surface area (Å²) < 4.78 is 11.0. The highest BCUT2D eigenvalue weighted by atomic mass is 28.4.